The minimum atomic E-state index is 0.212. The van der Waals surface area contributed by atoms with E-state index >= 15 is 0 Å². The Morgan fingerprint density at radius 3 is 2.57 bits per heavy atom. The van der Waals surface area contributed by atoms with Gasteiger partial charge in [-0.2, -0.15) is 0 Å². The van der Waals surface area contributed by atoms with Crippen LogP contribution in [0.5, 0.6) is 0 Å². The van der Waals surface area contributed by atoms with Crippen LogP contribution in [0.15, 0.2) is 0 Å². The molecule has 0 amide bonds. The smallest absolute Gasteiger partial charge is 0.136 e. The number of carbonyl (C=O) groups is 1. The van der Waals surface area contributed by atoms with Gasteiger partial charge in [0.05, 0.1) is 0 Å². The Morgan fingerprint density at radius 1 is 1.50 bits per heavy atom. The highest BCUT2D eigenvalue weighted by Gasteiger charge is 2.40. The van der Waals surface area contributed by atoms with Crippen LogP contribution in [0.2, 0.25) is 0 Å². The Balaban J connectivity index is 2.67. The summed E-state index contributed by atoms with van der Waals surface area (Å²) in [4.78, 5) is 11.7. The Morgan fingerprint density at radius 2 is 2.14 bits per heavy atom. The number of hydrogen-bond acceptors (Lipinski definition) is 1. The van der Waals surface area contributed by atoms with Crippen molar-refractivity contribution in [3.05, 3.63) is 0 Å². The fourth-order valence-electron chi connectivity index (χ4n) is 2.75. The molecule has 0 heterocycles. The zero-order chi connectivity index (χ0) is 10.8. The van der Waals surface area contributed by atoms with E-state index in [1.807, 2.05) is 0 Å². The first kappa shape index (κ1) is 11.7. The number of hydrogen-bond donors (Lipinski definition) is 0. The lowest BCUT2D eigenvalue weighted by molar-refractivity contribution is -0.124. The second-order valence-electron chi connectivity index (χ2n) is 5.42. The van der Waals surface area contributed by atoms with Crippen LogP contribution in [0.4, 0.5) is 0 Å². The van der Waals surface area contributed by atoms with Gasteiger partial charge in [0.25, 0.3) is 0 Å². The first-order valence-corrected chi connectivity index (χ1v) is 6.02. The summed E-state index contributed by atoms with van der Waals surface area (Å²) in [5, 5.41) is 0. The summed E-state index contributed by atoms with van der Waals surface area (Å²) in [5.74, 6) is 1.52. The number of carbonyl (C=O) groups excluding carboxylic acids is 1. The van der Waals surface area contributed by atoms with Gasteiger partial charge in [0.15, 0.2) is 0 Å². The minimum absolute atomic E-state index is 0.212. The van der Waals surface area contributed by atoms with E-state index in [0.717, 1.165) is 19.3 Å². The molecule has 0 radical (unpaired) electrons. The van der Waals surface area contributed by atoms with Crippen molar-refractivity contribution in [1.82, 2.24) is 0 Å². The Hall–Kier alpha value is -0.330. The van der Waals surface area contributed by atoms with Crippen LogP contribution in [-0.2, 0) is 4.79 Å². The van der Waals surface area contributed by atoms with Crippen molar-refractivity contribution in [1.29, 1.82) is 0 Å². The van der Waals surface area contributed by atoms with Gasteiger partial charge in [0.1, 0.15) is 5.78 Å². The predicted molar refractivity (Wildman–Crippen MR) is 60.2 cm³/mol. The second-order valence-corrected chi connectivity index (χ2v) is 5.42. The topological polar surface area (TPSA) is 17.1 Å². The van der Waals surface area contributed by atoms with Crippen LogP contribution in [-0.4, -0.2) is 5.78 Å². The average molecular weight is 196 g/mol. The van der Waals surface area contributed by atoms with E-state index in [1.54, 1.807) is 0 Å². The predicted octanol–water partition coefficient (Wildman–Crippen LogP) is 3.82. The van der Waals surface area contributed by atoms with E-state index in [0.29, 0.717) is 17.6 Å². The first-order valence-electron chi connectivity index (χ1n) is 6.02. The molecule has 1 saturated carbocycles. The molecule has 0 aromatic heterocycles. The summed E-state index contributed by atoms with van der Waals surface area (Å²) in [5.41, 5.74) is 0.212. The second kappa shape index (κ2) is 4.46. The van der Waals surface area contributed by atoms with E-state index < -0.39 is 0 Å². The fraction of sp³-hybridized carbons (Fsp3) is 0.923. The quantitative estimate of drug-likeness (QED) is 0.668. The standard InChI is InChI=1S/C13H24O/c1-5-7-10(2)13(3,4)11-8-6-9-12(11)14/h10-11H,5-9H2,1-4H3. The molecule has 1 rings (SSSR count). The molecule has 0 saturated heterocycles. The molecule has 14 heavy (non-hydrogen) atoms. The van der Waals surface area contributed by atoms with Gasteiger partial charge in [-0.25, -0.2) is 0 Å². The molecule has 82 valence electrons. The van der Waals surface area contributed by atoms with Crippen molar-refractivity contribution in [3.8, 4) is 0 Å². The normalized spacial score (nSPS) is 25.4. The van der Waals surface area contributed by atoms with Gasteiger partial charge in [-0.15, -0.1) is 0 Å². The highest BCUT2D eigenvalue weighted by molar-refractivity contribution is 5.83. The van der Waals surface area contributed by atoms with Crippen LogP contribution in [0, 0.1) is 17.3 Å². The third kappa shape index (κ3) is 2.18. The number of Topliss-reactive ketones (excluding diaryl/α,β-unsaturated/α-hetero) is 1. The van der Waals surface area contributed by atoms with Crippen LogP contribution in [0.3, 0.4) is 0 Å². The molecule has 0 aromatic carbocycles. The summed E-state index contributed by atoms with van der Waals surface area (Å²) in [7, 11) is 0. The summed E-state index contributed by atoms with van der Waals surface area (Å²) in [6, 6.07) is 0. The largest absolute Gasteiger partial charge is 0.299 e. The van der Waals surface area contributed by atoms with E-state index in [-0.39, 0.29) is 5.41 Å². The minimum Gasteiger partial charge on any atom is -0.299 e. The summed E-state index contributed by atoms with van der Waals surface area (Å²) in [6.07, 6.45) is 5.54. The van der Waals surface area contributed by atoms with Gasteiger partial charge in [-0.3, -0.25) is 4.79 Å². The molecule has 0 aromatic rings. The summed E-state index contributed by atoms with van der Waals surface area (Å²) >= 11 is 0. The van der Waals surface area contributed by atoms with Crippen LogP contribution in [0.25, 0.3) is 0 Å². The highest BCUT2D eigenvalue weighted by atomic mass is 16.1. The van der Waals surface area contributed by atoms with E-state index in [9.17, 15) is 4.79 Å². The van der Waals surface area contributed by atoms with Gasteiger partial charge in [-0.1, -0.05) is 40.5 Å². The van der Waals surface area contributed by atoms with Gasteiger partial charge in [-0.05, 0) is 24.2 Å². The summed E-state index contributed by atoms with van der Waals surface area (Å²) in [6.45, 7) is 9.08. The Bertz CT molecular complexity index is 205. The molecule has 1 nitrogen and oxygen atoms in total. The fourth-order valence-corrected chi connectivity index (χ4v) is 2.75. The zero-order valence-electron chi connectivity index (χ0n) is 10.1. The molecule has 2 unspecified atom stereocenters. The van der Waals surface area contributed by atoms with Crippen molar-refractivity contribution in [2.75, 3.05) is 0 Å². The molecule has 2 atom stereocenters. The molecule has 0 N–H and O–H groups in total. The average Bonchev–Trinajstić information content (AvgIpc) is 2.52. The van der Waals surface area contributed by atoms with E-state index in [4.69, 9.17) is 0 Å². The molecule has 1 aliphatic carbocycles. The lowest BCUT2D eigenvalue weighted by atomic mass is 9.67. The lowest BCUT2D eigenvalue weighted by Gasteiger charge is -2.36. The van der Waals surface area contributed by atoms with Gasteiger partial charge in [0.2, 0.25) is 0 Å². The maximum Gasteiger partial charge on any atom is 0.136 e. The van der Waals surface area contributed by atoms with Crippen molar-refractivity contribution >= 4 is 5.78 Å². The van der Waals surface area contributed by atoms with Gasteiger partial charge >= 0.3 is 0 Å². The maximum atomic E-state index is 11.7. The maximum absolute atomic E-state index is 11.7. The number of ketones is 1. The third-order valence-corrected chi connectivity index (χ3v) is 4.19. The number of rotatable bonds is 4. The van der Waals surface area contributed by atoms with E-state index in [1.165, 1.54) is 12.8 Å². The van der Waals surface area contributed by atoms with Gasteiger partial charge in [0, 0.05) is 12.3 Å². The van der Waals surface area contributed by atoms with Crippen molar-refractivity contribution in [2.45, 2.75) is 59.8 Å². The first-order chi connectivity index (χ1) is 6.50. The molecule has 0 bridgehead atoms. The van der Waals surface area contributed by atoms with Crippen molar-refractivity contribution in [2.24, 2.45) is 17.3 Å². The van der Waals surface area contributed by atoms with Crippen LogP contribution in [0.1, 0.15) is 59.8 Å². The summed E-state index contributed by atoms with van der Waals surface area (Å²) < 4.78 is 0. The highest BCUT2D eigenvalue weighted by Crippen LogP contribution is 2.43. The molecule has 0 aliphatic heterocycles. The van der Waals surface area contributed by atoms with Crippen molar-refractivity contribution in [3.63, 3.8) is 0 Å². The molecule has 1 fully saturated rings. The molecular formula is C13H24O. The molecule has 1 aliphatic rings. The Labute approximate surface area is 88.3 Å². The van der Waals surface area contributed by atoms with Crippen LogP contribution >= 0.6 is 0 Å². The van der Waals surface area contributed by atoms with E-state index in [2.05, 4.69) is 27.7 Å². The third-order valence-electron chi connectivity index (χ3n) is 4.19. The molecule has 1 heteroatoms. The lowest BCUT2D eigenvalue weighted by Crippen LogP contribution is -2.33. The van der Waals surface area contributed by atoms with Gasteiger partial charge < -0.3 is 0 Å². The monoisotopic (exact) mass is 196 g/mol. The molecule has 0 spiro atoms. The Kier molecular flexibility index (Phi) is 3.74. The zero-order valence-corrected chi connectivity index (χ0v) is 10.1. The van der Waals surface area contributed by atoms with Crippen LogP contribution < -0.4 is 0 Å². The SMILES string of the molecule is CCCC(C)C(C)(C)C1CCCC1=O. The molecular weight excluding hydrogens is 172 g/mol. The van der Waals surface area contributed by atoms with Crippen molar-refractivity contribution < 1.29 is 4.79 Å².